The molecule has 0 saturated carbocycles. The maximum Gasteiger partial charge on any atom is 0.255 e. The Kier molecular flexibility index (Phi) is 5.29. The number of carbonyl (C=O) groups excluding carboxylic acids is 1. The lowest BCUT2D eigenvalue weighted by atomic mass is 10.2. The summed E-state index contributed by atoms with van der Waals surface area (Å²) in [7, 11) is 1.77. The summed E-state index contributed by atoms with van der Waals surface area (Å²) in [5.74, 6) is -0.109. The van der Waals surface area contributed by atoms with Gasteiger partial charge in [-0.25, -0.2) is 9.97 Å². The van der Waals surface area contributed by atoms with Crippen molar-refractivity contribution in [3.8, 4) is 0 Å². The van der Waals surface area contributed by atoms with Crippen molar-refractivity contribution in [3.63, 3.8) is 0 Å². The van der Waals surface area contributed by atoms with Crippen LogP contribution in [0.25, 0.3) is 11.2 Å². The van der Waals surface area contributed by atoms with Crippen LogP contribution in [0.1, 0.15) is 34.1 Å². The zero-order valence-corrected chi connectivity index (χ0v) is 16.5. The first-order valence-electron chi connectivity index (χ1n) is 9.53. The van der Waals surface area contributed by atoms with E-state index < -0.39 is 0 Å². The van der Waals surface area contributed by atoms with Gasteiger partial charge in [-0.1, -0.05) is 19.1 Å². The molecular formula is C22H22N6O. The summed E-state index contributed by atoms with van der Waals surface area (Å²) in [6.07, 6.45) is 9.71. The first kappa shape index (κ1) is 18.7. The maximum absolute atomic E-state index is 12.8. The van der Waals surface area contributed by atoms with Gasteiger partial charge in [0.05, 0.1) is 30.7 Å². The van der Waals surface area contributed by atoms with Crippen molar-refractivity contribution in [1.29, 1.82) is 0 Å². The van der Waals surface area contributed by atoms with E-state index >= 15 is 0 Å². The lowest BCUT2D eigenvalue weighted by molar-refractivity contribution is 0.0783. The molecule has 7 heteroatoms. The molecule has 0 aliphatic rings. The van der Waals surface area contributed by atoms with E-state index in [-0.39, 0.29) is 5.91 Å². The van der Waals surface area contributed by atoms with Gasteiger partial charge in [0.15, 0.2) is 5.65 Å². The van der Waals surface area contributed by atoms with E-state index in [0.29, 0.717) is 24.2 Å². The number of rotatable bonds is 6. The van der Waals surface area contributed by atoms with Crippen molar-refractivity contribution in [2.45, 2.75) is 26.4 Å². The highest BCUT2D eigenvalue weighted by Gasteiger charge is 2.15. The zero-order valence-electron chi connectivity index (χ0n) is 16.5. The fourth-order valence-corrected chi connectivity index (χ4v) is 3.16. The summed E-state index contributed by atoms with van der Waals surface area (Å²) < 4.78 is 1.95. The predicted octanol–water partition coefficient (Wildman–Crippen LogP) is 3.10. The van der Waals surface area contributed by atoms with Crippen molar-refractivity contribution in [1.82, 2.24) is 29.4 Å². The Morgan fingerprint density at radius 1 is 1.07 bits per heavy atom. The average molecular weight is 386 g/mol. The standard InChI is InChI=1S/C22H22N6O/c1-3-16-6-7-19(24-11-16)14-27(2)22(29)18-9-20-21(25-12-18)28(15-26-20)13-17-5-4-8-23-10-17/h4-12,15H,3,13-14H2,1-2H3. The third-order valence-electron chi connectivity index (χ3n) is 4.82. The molecule has 0 saturated heterocycles. The number of hydrogen-bond acceptors (Lipinski definition) is 5. The number of aromatic nitrogens is 5. The van der Waals surface area contributed by atoms with E-state index in [1.807, 2.05) is 41.2 Å². The third-order valence-corrected chi connectivity index (χ3v) is 4.82. The number of nitrogens with zero attached hydrogens (tertiary/aromatic N) is 6. The van der Waals surface area contributed by atoms with Crippen molar-refractivity contribution >= 4 is 17.1 Å². The molecule has 146 valence electrons. The van der Waals surface area contributed by atoms with E-state index in [1.165, 1.54) is 5.56 Å². The molecule has 0 radical (unpaired) electrons. The quantitative estimate of drug-likeness (QED) is 0.509. The van der Waals surface area contributed by atoms with Crippen molar-refractivity contribution < 1.29 is 4.79 Å². The highest BCUT2D eigenvalue weighted by atomic mass is 16.2. The van der Waals surface area contributed by atoms with E-state index in [2.05, 4.69) is 26.9 Å². The molecule has 4 aromatic rings. The van der Waals surface area contributed by atoms with Crippen LogP contribution in [0.2, 0.25) is 0 Å². The van der Waals surface area contributed by atoms with E-state index in [1.54, 1.807) is 36.7 Å². The van der Waals surface area contributed by atoms with Gasteiger partial charge in [0.2, 0.25) is 0 Å². The molecule has 0 unspecified atom stereocenters. The molecule has 1 amide bonds. The number of hydrogen-bond donors (Lipinski definition) is 0. The fourth-order valence-electron chi connectivity index (χ4n) is 3.16. The molecule has 0 atom stereocenters. The van der Waals surface area contributed by atoms with Crippen LogP contribution in [0, 0.1) is 0 Å². The molecule has 0 aliphatic carbocycles. The number of pyridine rings is 3. The van der Waals surface area contributed by atoms with Crippen LogP contribution in [-0.2, 0) is 19.5 Å². The summed E-state index contributed by atoms with van der Waals surface area (Å²) in [5.41, 5.74) is 5.04. The van der Waals surface area contributed by atoms with Crippen LogP contribution < -0.4 is 0 Å². The summed E-state index contributed by atoms with van der Waals surface area (Å²) in [6, 6.07) is 9.70. The van der Waals surface area contributed by atoms with Gasteiger partial charge in [-0.3, -0.25) is 14.8 Å². The van der Waals surface area contributed by atoms with Gasteiger partial charge in [0, 0.05) is 31.8 Å². The van der Waals surface area contributed by atoms with E-state index in [0.717, 1.165) is 23.3 Å². The number of imidazole rings is 1. The number of amides is 1. The van der Waals surface area contributed by atoms with E-state index in [9.17, 15) is 4.79 Å². The monoisotopic (exact) mass is 386 g/mol. The first-order chi connectivity index (χ1) is 14.1. The Hall–Kier alpha value is -3.61. The fraction of sp³-hybridized carbons (Fsp3) is 0.227. The number of carbonyl (C=O) groups is 1. The SMILES string of the molecule is CCc1ccc(CN(C)C(=O)c2cnc3c(c2)ncn3Cc2cccnc2)nc1. The summed E-state index contributed by atoms with van der Waals surface area (Å²) in [5, 5.41) is 0. The van der Waals surface area contributed by atoms with Gasteiger partial charge >= 0.3 is 0 Å². The van der Waals surface area contributed by atoms with Gasteiger partial charge in [-0.15, -0.1) is 0 Å². The lowest BCUT2D eigenvalue weighted by Crippen LogP contribution is -2.26. The van der Waals surface area contributed by atoms with Crippen LogP contribution in [0.15, 0.2) is 61.4 Å². The smallest absolute Gasteiger partial charge is 0.255 e. The largest absolute Gasteiger partial charge is 0.336 e. The third kappa shape index (κ3) is 4.13. The molecule has 4 aromatic heterocycles. The van der Waals surface area contributed by atoms with Gasteiger partial charge in [0.25, 0.3) is 5.91 Å². The van der Waals surface area contributed by atoms with Gasteiger partial charge < -0.3 is 9.47 Å². The lowest BCUT2D eigenvalue weighted by Gasteiger charge is -2.16. The minimum absolute atomic E-state index is 0.109. The van der Waals surface area contributed by atoms with Crippen LogP contribution in [0.3, 0.4) is 0 Å². The molecule has 4 heterocycles. The molecule has 0 spiro atoms. The molecular weight excluding hydrogens is 364 g/mol. The number of aryl methyl sites for hydroxylation is 1. The summed E-state index contributed by atoms with van der Waals surface area (Å²) >= 11 is 0. The predicted molar refractivity (Wildman–Crippen MR) is 110 cm³/mol. The van der Waals surface area contributed by atoms with E-state index in [4.69, 9.17) is 0 Å². The Labute approximate surface area is 169 Å². The Morgan fingerprint density at radius 2 is 1.97 bits per heavy atom. The van der Waals surface area contributed by atoms with Crippen molar-refractivity contribution in [3.05, 3.63) is 83.8 Å². The molecule has 7 nitrogen and oxygen atoms in total. The van der Waals surface area contributed by atoms with Crippen LogP contribution in [0.4, 0.5) is 0 Å². The maximum atomic E-state index is 12.8. The van der Waals surface area contributed by atoms with Crippen molar-refractivity contribution in [2.24, 2.45) is 0 Å². The van der Waals surface area contributed by atoms with Crippen LogP contribution in [-0.4, -0.2) is 42.4 Å². The second-order valence-electron chi connectivity index (χ2n) is 6.97. The molecule has 29 heavy (non-hydrogen) atoms. The minimum atomic E-state index is -0.109. The Morgan fingerprint density at radius 3 is 2.69 bits per heavy atom. The molecule has 0 bridgehead atoms. The highest BCUT2D eigenvalue weighted by molar-refractivity contribution is 5.96. The zero-order chi connectivity index (χ0) is 20.2. The second-order valence-corrected chi connectivity index (χ2v) is 6.97. The molecule has 0 aliphatic heterocycles. The van der Waals surface area contributed by atoms with Crippen molar-refractivity contribution in [2.75, 3.05) is 7.05 Å². The summed E-state index contributed by atoms with van der Waals surface area (Å²) in [6.45, 7) is 3.16. The van der Waals surface area contributed by atoms with Crippen LogP contribution >= 0.6 is 0 Å². The molecule has 0 fully saturated rings. The minimum Gasteiger partial charge on any atom is -0.336 e. The average Bonchev–Trinajstić information content (AvgIpc) is 3.16. The molecule has 0 N–H and O–H groups in total. The highest BCUT2D eigenvalue weighted by Crippen LogP contribution is 2.15. The van der Waals surface area contributed by atoms with Crippen LogP contribution in [0.5, 0.6) is 0 Å². The Balaban J connectivity index is 1.50. The topological polar surface area (TPSA) is 76.8 Å². The Bertz CT molecular complexity index is 1120. The van der Waals surface area contributed by atoms with Gasteiger partial charge in [0.1, 0.15) is 5.52 Å². The molecule has 0 aromatic carbocycles. The first-order valence-corrected chi connectivity index (χ1v) is 9.53. The second kappa shape index (κ2) is 8.18. The number of fused-ring (bicyclic) bond motifs is 1. The normalized spacial score (nSPS) is 11.0. The van der Waals surface area contributed by atoms with Gasteiger partial charge in [-0.2, -0.15) is 0 Å². The van der Waals surface area contributed by atoms with Gasteiger partial charge in [-0.05, 0) is 35.7 Å². The summed E-state index contributed by atoms with van der Waals surface area (Å²) in [4.78, 5) is 31.9. The molecule has 4 rings (SSSR count).